The molecule has 3 aromatic heterocycles. The van der Waals surface area contributed by atoms with Crippen LogP contribution in [0.4, 0.5) is 18.9 Å². The molecule has 0 unspecified atom stereocenters. The van der Waals surface area contributed by atoms with Gasteiger partial charge in [-0.2, -0.15) is 18.2 Å². The van der Waals surface area contributed by atoms with Gasteiger partial charge in [0.2, 0.25) is 5.91 Å². The Kier molecular flexibility index (Phi) is 6.11. The van der Waals surface area contributed by atoms with Crippen LogP contribution in [0.1, 0.15) is 29.2 Å². The second-order valence-corrected chi connectivity index (χ2v) is 8.94. The van der Waals surface area contributed by atoms with Gasteiger partial charge in [-0.1, -0.05) is 23.1 Å². The molecule has 0 radical (unpaired) electrons. The number of fused-ring (bicyclic) bond motifs is 1. The molecule has 0 bridgehead atoms. The molecule has 0 aliphatic rings. The molecule has 8 nitrogen and oxygen atoms in total. The Morgan fingerprint density at radius 2 is 1.94 bits per heavy atom. The minimum Gasteiger partial charge on any atom is -0.326 e. The molecule has 0 saturated carbocycles. The Balaban J connectivity index is 1.41. The van der Waals surface area contributed by atoms with E-state index in [-0.39, 0.29) is 18.1 Å². The van der Waals surface area contributed by atoms with Crippen LogP contribution in [0, 0.1) is 13.8 Å². The number of carbonyl (C=O) groups excluding carboxylic acids is 1. The number of aryl methyl sites for hydroxylation is 2. The zero-order chi connectivity index (χ0) is 22.9. The number of anilines is 1. The molecule has 0 fully saturated rings. The summed E-state index contributed by atoms with van der Waals surface area (Å²) in [5, 5.41) is 14.1. The van der Waals surface area contributed by atoms with E-state index in [4.69, 9.17) is 0 Å². The molecule has 0 atom stereocenters. The molecule has 32 heavy (non-hydrogen) atoms. The number of rotatable bonds is 6. The number of benzene rings is 1. The van der Waals surface area contributed by atoms with Gasteiger partial charge in [0.1, 0.15) is 5.51 Å². The molecule has 1 N–H and O–H groups in total. The van der Waals surface area contributed by atoms with Crippen LogP contribution in [0.15, 0.2) is 39.0 Å². The van der Waals surface area contributed by atoms with Gasteiger partial charge >= 0.3 is 6.18 Å². The van der Waals surface area contributed by atoms with Gasteiger partial charge in [-0.25, -0.2) is 9.50 Å². The van der Waals surface area contributed by atoms with Gasteiger partial charge in [0.25, 0.3) is 11.6 Å². The maximum atomic E-state index is 12.9. The van der Waals surface area contributed by atoms with Crippen LogP contribution in [0.2, 0.25) is 0 Å². The molecule has 0 spiro atoms. The lowest BCUT2D eigenvalue weighted by Gasteiger charge is -2.11. The number of amides is 1. The first-order valence-corrected chi connectivity index (χ1v) is 11.0. The minimum absolute atomic E-state index is 0.119. The molecule has 1 amide bonds. The highest BCUT2D eigenvalue weighted by molar-refractivity contribution is 8.01. The first-order chi connectivity index (χ1) is 15.2. The summed E-state index contributed by atoms with van der Waals surface area (Å²) in [6.07, 6.45) is -4.21. The maximum Gasteiger partial charge on any atom is 0.453 e. The number of halogens is 3. The van der Waals surface area contributed by atoms with E-state index in [2.05, 4.69) is 30.6 Å². The summed E-state index contributed by atoms with van der Waals surface area (Å²) in [5.41, 5.74) is 3.95. The fraction of sp³-hybridized carbons (Fsp3) is 0.263. The lowest BCUT2D eigenvalue weighted by molar-refractivity contribution is -0.144. The average molecular weight is 480 g/mol. The summed E-state index contributed by atoms with van der Waals surface area (Å²) >= 11 is 2.92. The van der Waals surface area contributed by atoms with Crippen molar-refractivity contribution in [3.63, 3.8) is 0 Å². The lowest BCUT2D eigenvalue weighted by atomic mass is 10.1. The number of nitrogens with zero attached hydrogens (tertiary/aromatic N) is 6. The molecule has 13 heteroatoms. The van der Waals surface area contributed by atoms with Crippen molar-refractivity contribution in [2.75, 3.05) is 5.32 Å². The van der Waals surface area contributed by atoms with Gasteiger partial charge in [0.05, 0.1) is 0 Å². The number of nitrogens with one attached hydrogen (secondary N) is 1. The zero-order valence-corrected chi connectivity index (χ0v) is 18.5. The van der Waals surface area contributed by atoms with Gasteiger partial charge in [-0.15, -0.1) is 15.3 Å². The number of alkyl halides is 3. The lowest BCUT2D eigenvalue weighted by Crippen LogP contribution is -2.14. The van der Waals surface area contributed by atoms with Crippen LogP contribution < -0.4 is 5.32 Å². The minimum atomic E-state index is -4.65. The van der Waals surface area contributed by atoms with E-state index in [0.717, 1.165) is 13.8 Å². The largest absolute Gasteiger partial charge is 0.453 e. The van der Waals surface area contributed by atoms with Gasteiger partial charge in [0.15, 0.2) is 4.34 Å². The van der Waals surface area contributed by atoms with E-state index < -0.39 is 12.0 Å². The fourth-order valence-corrected chi connectivity index (χ4v) is 4.52. The number of aromatic nitrogens is 6. The number of hydrogen-bond acceptors (Lipinski definition) is 8. The highest BCUT2D eigenvalue weighted by atomic mass is 32.2. The summed E-state index contributed by atoms with van der Waals surface area (Å²) in [6.45, 7) is 3.31. The summed E-state index contributed by atoms with van der Waals surface area (Å²) in [4.78, 5) is 21.0. The summed E-state index contributed by atoms with van der Waals surface area (Å²) in [7, 11) is 0. The van der Waals surface area contributed by atoms with Crippen molar-refractivity contribution in [3.05, 3.63) is 52.6 Å². The first-order valence-electron chi connectivity index (χ1n) is 9.34. The van der Waals surface area contributed by atoms with Gasteiger partial charge in [-0.3, -0.25) is 4.79 Å². The van der Waals surface area contributed by atoms with Crippen molar-refractivity contribution in [1.82, 2.24) is 29.8 Å². The van der Waals surface area contributed by atoms with Gasteiger partial charge < -0.3 is 5.32 Å². The third-order valence-electron chi connectivity index (χ3n) is 4.59. The zero-order valence-electron chi connectivity index (χ0n) is 16.8. The van der Waals surface area contributed by atoms with Crippen LogP contribution in [-0.4, -0.2) is 35.7 Å². The Hall–Kier alpha value is -3.06. The predicted octanol–water partition coefficient (Wildman–Crippen LogP) is 4.33. The number of carbonyl (C=O) groups is 1. The van der Waals surface area contributed by atoms with Crippen molar-refractivity contribution in [3.8, 4) is 0 Å². The smallest absolute Gasteiger partial charge is 0.326 e. The topological polar surface area (TPSA) is 98.0 Å². The molecule has 0 aliphatic heterocycles. The van der Waals surface area contributed by atoms with E-state index in [1.807, 2.05) is 12.1 Å². The highest BCUT2D eigenvalue weighted by Gasteiger charge is 2.36. The normalized spacial score (nSPS) is 11.8. The van der Waals surface area contributed by atoms with Crippen molar-refractivity contribution in [1.29, 1.82) is 0 Å². The monoisotopic (exact) mass is 479 g/mol. The Bertz CT molecular complexity index is 1250. The first kappa shape index (κ1) is 22.1. The molecule has 0 aliphatic carbocycles. The van der Waals surface area contributed by atoms with E-state index >= 15 is 0 Å². The molecule has 4 aromatic rings. The van der Waals surface area contributed by atoms with Crippen LogP contribution in [0.3, 0.4) is 0 Å². The molecular weight excluding hydrogens is 463 g/mol. The van der Waals surface area contributed by atoms with Crippen molar-refractivity contribution in [2.45, 2.75) is 42.1 Å². The maximum absolute atomic E-state index is 12.9. The third kappa shape index (κ3) is 4.88. The number of hydrogen-bond donors (Lipinski definition) is 1. The van der Waals surface area contributed by atoms with E-state index in [1.165, 1.54) is 23.1 Å². The molecule has 1 aromatic carbocycles. The van der Waals surface area contributed by atoms with Crippen molar-refractivity contribution < 1.29 is 18.0 Å². The van der Waals surface area contributed by atoms with Crippen LogP contribution in [0.5, 0.6) is 0 Å². The molecule has 0 saturated heterocycles. The van der Waals surface area contributed by atoms with Crippen LogP contribution in [-0.2, 0) is 17.4 Å². The van der Waals surface area contributed by atoms with Gasteiger partial charge in [-0.05, 0) is 50.1 Å². The summed E-state index contributed by atoms with van der Waals surface area (Å²) < 4.78 is 40.6. The summed E-state index contributed by atoms with van der Waals surface area (Å²) in [6, 6.07) is 7.33. The Morgan fingerprint density at radius 3 is 2.59 bits per heavy atom. The molecule has 166 valence electrons. The second kappa shape index (κ2) is 8.82. The molecular formula is C19H16F3N7OS2. The third-order valence-corrected chi connectivity index (χ3v) is 6.37. The quantitative estimate of drug-likeness (QED) is 0.439. The van der Waals surface area contributed by atoms with E-state index in [1.54, 1.807) is 31.5 Å². The average Bonchev–Trinajstić information content (AvgIpc) is 3.39. The van der Waals surface area contributed by atoms with Crippen LogP contribution >= 0.6 is 23.1 Å². The standard InChI is InChI=1S/C19H16F3N7OS2/c1-10-14(11(2)29-17(24-10)26-16(28-29)19(20,21)22)7-8-15(30)25-12-3-5-13(6-4-12)32-18-27-23-9-31-18/h3-6,9H,7-8H2,1-2H3,(H,25,30). The van der Waals surface area contributed by atoms with E-state index in [0.29, 0.717) is 29.1 Å². The Morgan fingerprint density at radius 1 is 1.19 bits per heavy atom. The van der Waals surface area contributed by atoms with Crippen LogP contribution in [0.25, 0.3) is 5.78 Å². The summed E-state index contributed by atoms with van der Waals surface area (Å²) in [5.74, 6) is -1.58. The van der Waals surface area contributed by atoms with Crippen molar-refractivity contribution >= 4 is 40.5 Å². The fourth-order valence-electron chi connectivity index (χ4n) is 3.07. The molecule has 3 heterocycles. The van der Waals surface area contributed by atoms with Gasteiger partial charge in [0, 0.05) is 28.4 Å². The SMILES string of the molecule is Cc1nc2nc(C(F)(F)F)nn2c(C)c1CCC(=O)Nc1ccc(Sc2nncs2)cc1. The van der Waals surface area contributed by atoms with E-state index in [9.17, 15) is 18.0 Å². The Labute approximate surface area is 188 Å². The highest BCUT2D eigenvalue weighted by Crippen LogP contribution is 2.29. The van der Waals surface area contributed by atoms with Crippen molar-refractivity contribution in [2.24, 2.45) is 0 Å². The molecule has 4 rings (SSSR count). The predicted molar refractivity (Wildman–Crippen MR) is 113 cm³/mol. The second-order valence-electron chi connectivity index (χ2n) is 6.79.